The van der Waals surface area contributed by atoms with Crippen LogP contribution in [0.3, 0.4) is 0 Å². The van der Waals surface area contributed by atoms with Gasteiger partial charge >= 0.3 is 6.03 Å². The average molecular weight is 529 g/mol. The molecular weight excluding hydrogens is 492 g/mol. The molecule has 39 heavy (non-hydrogen) atoms. The van der Waals surface area contributed by atoms with Crippen LogP contribution in [0.1, 0.15) is 29.8 Å². The molecule has 3 N–H and O–H groups in total. The number of aromatic amines is 1. The quantitative estimate of drug-likeness (QED) is 0.410. The summed E-state index contributed by atoms with van der Waals surface area (Å²) in [6, 6.07) is 13.8. The minimum absolute atomic E-state index is 0.145. The molecule has 0 unspecified atom stereocenters. The molecule has 0 spiro atoms. The summed E-state index contributed by atoms with van der Waals surface area (Å²) in [4.78, 5) is 33.7. The zero-order valence-corrected chi connectivity index (χ0v) is 22.9. The number of anilines is 2. The molecule has 10 nitrogen and oxygen atoms in total. The van der Waals surface area contributed by atoms with Gasteiger partial charge in [0, 0.05) is 75.2 Å². The van der Waals surface area contributed by atoms with E-state index in [-0.39, 0.29) is 5.78 Å². The van der Waals surface area contributed by atoms with E-state index in [1.807, 2.05) is 29.3 Å². The second kappa shape index (κ2) is 10.1. The minimum Gasteiger partial charge on any atom is -0.369 e. The van der Waals surface area contributed by atoms with Gasteiger partial charge in [-0.3, -0.25) is 14.8 Å². The lowest BCUT2D eigenvalue weighted by Crippen LogP contribution is -2.56. The lowest BCUT2D eigenvalue weighted by molar-refractivity contribution is 0.104. The van der Waals surface area contributed by atoms with E-state index >= 15 is 0 Å². The summed E-state index contributed by atoms with van der Waals surface area (Å²) in [5.41, 5.74) is 11.5. The van der Waals surface area contributed by atoms with Gasteiger partial charge in [-0.15, -0.1) is 0 Å². The number of hydrogen-bond donors (Lipinski definition) is 2. The molecule has 2 aromatic carbocycles. The fraction of sp³-hybridized carbons (Fsp3) is 0.414. The van der Waals surface area contributed by atoms with E-state index in [2.05, 4.69) is 57.9 Å². The number of aromatic nitrogens is 2. The minimum atomic E-state index is -0.598. The number of urea groups is 1. The number of H-pyrrole nitrogens is 1. The van der Waals surface area contributed by atoms with Crippen LogP contribution in [0, 0.1) is 0 Å². The van der Waals surface area contributed by atoms with Crippen LogP contribution >= 0.6 is 0 Å². The Morgan fingerprint density at radius 3 is 2.28 bits per heavy atom. The Balaban J connectivity index is 1.28. The average Bonchev–Trinajstić information content (AvgIpc) is 3.50. The van der Waals surface area contributed by atoms with Gasteiger partial charge in [0.2, 0.25) is 0 Å². The topological polar surface area (TPSA) is 105 Å². The van der Waals surface area contributed by atoms with E-state index in [9.17, 15) is 9.59 Å². The number of primary amides is 1. The third kappa shape index (κ3) is 4.48. The van der Waals surface area contributed by atoms with Crippen LogP contribution in [0.25, 0.3) is 22.5 Å². The standard InChI is InChI=1S/C29H36N8O2/c1-19(2)34-13-15-35(16-14-34)21-9-7-20(8-10-21)26-25-27(32-31-26)22-5-4-6-23(24(22)28(25)38)37(29(30)39)36-17-11-33(3)12-18-36/h4-10,19H,11-18H2,1-3H3,(H2,30,39)(H,31,32). The molecule has 1 aliphatic carbocycles. The predicted octanol–water partition coefficient (Wildman–Crippen LogP) is 2.87. The second-order valence-corrected chi connectivity index (χ2v) is 10.9. The maximum absolute atomic E-state index is 13.9. The first-order chi connectivity index (χ1) is 18.8. The molecule has 1 aromatic heterocycles. The van der Waals surface area contributed by atoms with Gasteiger partial charge in [-0.1, -0.05) is 24.3 Å². The Labute approximate surface area is 228 Å². The van der Waals surface area contributed by atoms with E-state index < -0.39 is 6.03 Å². The number of nitrogens with zero attached hydrogens (tertiary/aromatic N) is 6. The Morgan fingerprint density at radius 1 is 0.949 bits per heavy atom. The number of likely N-dealkylation sites (N-methyl/N-ethyl adjacent to an activating group) is 1. The lowest BCUT2D eigenvalue weighted by atomic mass is 10.0. The van der Waals surface area contributed by atoms with Crippen LogP contribution in [0.15, 0.2) is 42.5 Å². The first kappa shape index (κ1) is 25.5. The van der Waals surface area contributed by atoms with Crippen molar-refractivity contribution in [3.05, 3.63) is 53.6 Å². The number of piperazine rings is 2. The highest BCUT2D eigenvalue weighted by Gasteiger charge is 2.38. The van der Waals surface area contributed by atoms with Crippen molar-refractivity contribution in [3.63, 3.8) is 0 Å². The molecule has 0 saturated carbocycles. The summed E-state index contributed by atoms with van der Waals surface area (Å²) in [5.74, 6) is -0.145. The number of nitrogens with one attached hydrogen (secondary N) is 1. The van der Waals surface area contributed by atoms with E-state index in [1.54, 1.807) is 6.07 Å². The molecule has 2 fully saturated rings. The first-order valence-electron chi connectivity index (χ1n) is 13.7. The molecule has 0 bridgehead atoms. The number of carbonyl (C=O) groups excluding carboxylic acids is 2. The molecule has 3 aliphatic rings. The summed E-state index contributed by atoms with van der Waals surface area (Å²) in [5, 5.41) is 11.0. The van der Waals surface area contributed by atoms with Gasteiger partial charge in [0.05, 0.1) is 22.5 Å². The largest absolute Gasteiger partial charge is 0.369 e. The number of hydrogen-bond acceptors (Lipinski definition) is 7. The molecule has 2 saturated heterocycles. The van der Waals surface area contributed by atoms with Gasteiger partial charge in [0.25, 0.3) is 0 Å². The van der Waals surface area contributed by atoms with Gasteiger partial charge in [-0.05, 0) is 39.1 Å². The molecule has 3 aromatic rings. The lowest BCUT2D eigenvalue weighted by Gasteiger charge is -2.39. The Bertz CT molecular complexity index is 1380. The Hall–Kier alpha value is -3.73. The van der Waals surface area contributed by atoms with Crippen molar-refractivity contribution in [2.24, 2.45) is 5.73 Å². The third-order valence-electron chi connectivity index (χ3n) is 8.28. The van der Waals surface area contributed by atoms with Crippen LogP contribution < -0.4 is 15.6 Å². The highest BCUT2D eigenvalue weighted by atomic mass is 16.2. The van der Waals surface area contributed by atoms with Crippen molar-refractivity contribution in [1.29, 1.82) is 0 Å². The van der Waals surface area contributed by atoms with Crippen LogP contribution in [0.5, 0.6) is 0 Å². The van der Waals surface area contributed by atoms with Gasteiger partial charge < -0.3 is 15.5 Å². The number of ketones is 1. The van der Waals surface area contributed by atoms with Crippen molar-refractivity contribution in [1.82, 2.24) is 25.0 Å². The molecule has 0 atom stereocenters. The zero-order valence-electron chi connectivity index (χ0n) is 22.9. The number of amides is 2. The van der Waals surface area contributed by atoms with Crippen molar-refractivity contribution in [2.45, 2.75) is 19.9 Å². The van der Waals surface area contributed by atoms with Crippen LogP contribution in [0.4, 0.5) is 16.2 Å². The Kier molecular flexibility index (Phi) is 6.62. The molecular formula is C29H36N8O2. The fourth-order valence-electron chi connectivity index (χ4n) is 5.99. The highest BCUT2D eigenvalue weighted by Crippen LogP contribution is 2.44. The SMILES string of the molecule is CC(C)N1CCN(c2ccc(-c3n[nH]c4c3C(=O)c3c-4cccc3N(C(N)=O)N3CCN(C)CC3)cc2)CC1. The molecule has 2 amide bonds. The van der Waals surface area contributed by atoms with Crippen molar-refractivity contribution < 1.29 is 9.59 Å². The maximum Gasteiger partial charge on any atom is 0.334 e. The van der Waals surface area contributed by atoms with E-state index in [0.29, 0.717) is 47.3 Å². The summed E-state index contributed by atoms with van der Waals surface area (Å²) >= 11 is 0. The Morgan fingerprint density at radius 2 is 1.64 bits per heavy atom. The normalized spacial score (nSPS) is 18.5. The van der Waals surface area contributed by atoms with E-state index in [1.165, 1.54) is 10.7 Å². The second-order valence-electron chi connectivity index (χ2n) is 10.9. The van der Waals surface area contributed by atoms with Crippen LogP contribution in [0.2, 0.25) is 0 Å². The fourth-order valence-corrected chi connectivity index (χ4v) is 5.99. The summed E-state index contributed by atoms with van der Waals surface area (Å²) in [6.07, 6.45) is 0. The first-order valence-corrected chi connectivity index (χ1v) is 13.7. The number of rotatable bonds is 5. The van der Waals surface area contributed by atoms with Crippen molar-refractivity contribution >= 4 is 23.2 Å². The van der Waals surface area contributed by atoms with Gasteiger partial charge in [-0.2, -0.15) is 5.10 Å². The molecule has 3 heterocycles. The van der Waals surface area contributed by atoms with Crippen LogP contribution in [-0.4, -0.2) is 102 Å². The molecule has 0 radical (unpaired) electrons. The number of hydrazine groups is 1. The zero-order chi connectivity index (χ0) is 27.3. The van der Waals surface area contributed by atoms with E-state index in [0.717, 1.165) is 50.4 Å². The summed E-state index contributed by atoms with van der Waals surface area (Å²) in [7, 11) is 2.05. The predicted molar refractivity (Wildman–Crippen MR) is 153 cm³/mol. The monoisotopic (exact) mass is 528 g/mol. The van der Waals surface area contributed by atoms with E-state index in [4.69, 9.17) is 5.73 Å². The molecule has 2 aliphatic heterocycles. The smallest absolute Gasteiger partial charge is 0.334 e. The number of nitrogens with two attached hydrogens (primary N) is 1. The number of fused-ring (bicyclic) bond motifs is 3. The molecule has 10 heteroatoms. The third-order valence-corrected chi connectivity index (χ3v) is 8.28. The highest BCUT2D eigenvalue weighted by molar-refractivity contribution is 6.27. The number of carbonyl (C=O) groups is 2. The molecule has 6 rings (SSSR count). The van der Waals surface area contributed by atoms with Crippen molar-refractivity contribution in [3.8, 4) is 22.5 Å². The maximum atomic E-state index is 13.9. The molecule has 204 valence electrons. The number of benzene rings is 2. The van der Waals surface area contributed by atoms with Gasteiger partial charge in [0.1, 0.15) is 5.69 Å². The van der Waals surface area contributed by atoms with Gasteiger partial charge in [-0.25, -0.2) is 14.8 Å². The van der Waals surface area contributed by atoms with Gasteiger partial charge in [0.15, 0.2) is 5.78 Å². The summed E-state index contributed by atoms with van der Waals surface area (Å²) in [6.45, 7) is 11.5. The van der Waals surface area contributed by atoms with Crippen LogP contribution in [-0.2, 0) is 0 Å². The summed E-state index contributed by atoms with van der Waals surface area (Å²) < 4.78 is 0. The van der Waals surface area contributed by atoms with Crippen molar-refractivity contribution in [2.75, 3.05) is 69.3 Å².